The molecule has 0 spiro atoms. The topological polar surface area (TPSA) is 15.3 Å². The van der Waals surface area contributed by atoms with Gasteiger partial charge in [0.15, 0.2) is 0 Å². The van der Waals surface area contributed by atoms with Gasteiger partial charge in [-0.1, -0.05) is 51.4 Å². The van der Waals surface area contributed by atoms with Gasteiger partial charge in [-0.15, -0.1) is 0 Å². The maximum absolute atomic E-state index is 6.15. The van der Waals surface area contributed by atoms with Crippen molar-refractivity contribution in [1.82, 2.24) is 10.2 Å². The highest BCUT2D eigenvalue weighted by Crippen LogP contribution is 2.43. The Balaban J connectivity index is 2.27. The highest BCUT2D eigenvalue weighted by atomic mass is 35.5. The Bertz CT molecular complexity index is 469. The van der Waals surface area contributed by atoms with Crippen LogP contribution in [0.25, 0.3) is 0 Å². The van der Waals surface area contributed by atoms with E-state index in [1.807, 2.05) is 0 Å². The second-order valence-corrected chi connectivity index (χ2v) is 8.06. The van der Waals surface area contributed by atoms with Crippen molar-refractivity contribution in [2.75, 3.05) is 13.1 Å². The van der Waals surface area contributed by atoms with Crippen molar-refractivity contribution in [2.24, 2.45) is 0 Å². The van der Waals surface area contributed by atoms with E-state index in [0.29, 0.717) is 12.1 Å². The van der Waals surface area contributed by atoms with E-state index in [9.17, 15) is 0 Å². The first-order valence-electron chi connectivity index (χ1n) is 9.79. The van der Waals surface area contributed by atoms with Gasteiger partial charge in [0.25, 0.3) is 0 Å². The molecule has 1 saturated carbocycles. The van der Waals surface area contributed by atoms with Crippen LogP contribution in [-0.4, -0.2) is 30.1 Å². The SMILES string of the molecule is CCCN(CCC)C1(c2ccc(Cl)cc2)CCC(NC(C)C)CC1. The van der Waals surface area contributed by atoms with E-state index in [1.54, 1.807) is 0 Å². The first-order valence-corrected chi connectivity index (χ1v) is 10.2. The fourth-order valence-electron chi connectivity index (χ4n) is 4.36. The zero-order valence-electron chi connectivity index (χ0n) is 15.9. The van der Waals surface area contributed by atoms with E-state index in [1.165, 1.54) is 57.2 Å². The van der Waals surface area contributed by atoms with Crippen LogP contribution < -0.4 is 5.32 Å². The molecule has 0 amide bonds. The fourth-order valence-corrected chi connectivity index (χ4v) is 4.49. The smallest absolute Gasteiger partial charge is 0.0461 e. The number of rotatable bonds is 8. The van der Waals surface area contributed by atoms with Crippen LogP contribution >= 0.6 is 11.6 Å². The highest BCUT2D eigenvalue weighted by molar-refractivity contribution is 6.30. The first kappa shape index (κ1) is 19.8. The first-order chi connectivity index (χ1) is 11.5. The molecule has 1 N–H and O–H groups in total. The van der Waals surface area contributed by atoms with Gasteiger partial charge < -0.3 is 5.32 Å². The van der Waals surface area contributed by atoms with Crippen LogP contribution in [0.2, 0.25) is 5.02 Å². The lowest BCUT2D eigenvalue weighted by Gasteiger charge is -2.49. The predicted molar refractivity (Wildman–Crippen MR) is 106 cm³/mol. The Morgan fingerprint density at radius 2 is 1.62 bits per heavy atom. The third-order valence-electron chi connectivity index (χ3n) is 5.36. The molecule has 136 valence electrons. The lowest BCUT2D eigenvalue weighted by molar-refractivity contribution is 0.0369. The lowest BCUT2D eigenvalue weighted by Crippen LogP contribution is -2.52. The van der Waals surface area contributed by atoms with Crippen LogP contribution in [0.3, 0.4) is 0 Å². The summed E-state index contributed by atoms with van der Waals surface area (Å²) in [4.78, 5) is 2.75. The number of hydrogen-bond acceptors (Lipinski definition) is 2. The van der Waals surface area contributed by atoms with Gasteiger partial charge in [0.1, 0.15) is 0 Å². The lowest BCUT2D eigenvalue weighted by atomic mass is 9.73. The van der Waals surface area contributed by atoms with E-state index in [0.717, 1.165) is 5.02 Å². The van der Waals surface area contributed by atoms with Gasteiger partial charge in [0, 0.05) is 22.6 Å². The zero-order valence-corrected chi connectivity index (χ0v) is 16.7. The van der Waals surface area contributed by atoms with Crippen LogP contribution in [0.15, 0.2) is 24.3 Å². The summed E-state index contributed by atoms with van der Waals surface area (Å²) in [5.74, 6) is 0. The Morgan fingerprint density at radius 3 is 2.08 bits per heavy atom. The Hall–Kier alpha value is -0.570. The minimum absolute atomic E-state index is 0.186. The van der Waals surface area contributed by atoms with Gasteiger partial charge in [0.05, 0.1) is 0 Å². The monoisotopic (exact) mass is 350 g/mol. The van der Waals surface area contributed by atoms with Crippen LogP contribution in [0.5, 0.6) is 0 Å². The molecule has 1 aliphatic carbocycles. The molecular formula is C21H35ClN2. The average molecular weight is 351 g/mol. The number of nitrogens with zero attached hydrogens (tertiary/aromatic N) is 1. The molecule has 1 fully saturated rings. The summed E-state index contributed by atoms with van der Waals surface area (Å²) in [5.41, 5.74) is 1.64. The molecule has 0 unspecified atom stereocenters. The molecule has 0 aromatic heterocycles. The quantitative estimate of drug-likeness (QED) is 0.656. The van der Waals surface area contributed by atoms with Crippen molar-refractivity contribution in [3.05, 3.63) is 34.9 Å². The Kier molecular flexibility index (Phi) is 7.59. The van der Waals surface area contributed by atoms with Gasteiger partial charge in [0.2, 0.25) is 0 Å². The molecule has 3 heteroatoms. The molecule has 2 rings (SSSR count). The van der Waals surface area contributed by atoms with E-state index in [4.69, 9.17) is 11.6 Å². The molecule has 0 atom stereocenters. The Morgan fingerprint density at radius 1 is 1.08 bits per heavy atom. The Labute approximate surface area is 154 Å². The summed E-state index contributed by atoms with van der Waals surface area (Å²) in [7, 11) is 0. The summed E-state index contributed by atoms with van der Waals surface area (Å²) in [6.45, 7) is 11.5. The molecule has 0 heterocycles. The molecule has 0 bridgehead atoms. The van der Waals surface area contributed by atoms with Crippen molar-refractivity contribution in [1.29, 1.82) is 0 Å². The average Bonchev–Trinajstić information content (AvgIpc) is 2.56. The van der Waals surface area contributed by atoms with Gasteiger partial charge in [-0.25, -0.2) is 0 Å². The van der Waals surface area contributed by atoms with Crippen molar-refractivity contribution >= 4 is 11.6 Å². The van der Waals surface area contributed by atoms with E-state index < -0.39 is 0 Å². The molecule has 24 heavy (non-hydrogen) atoms. The van der Waals surface area contributed by atoms with Crippen LogP contribution in [0, 0.1) is 0 Å². The zero-order chi connectivity index (χ0) is 17.6. The van der Waals surface area contributed by atoms with Gasteiger partial charge in [-0.2, -0.15) is 0 Å². The summed E-state index contributed by atoms with van der Waals surface area (Å²) < 4.78 is 0. The van der Waals surface area contributed by atoms with Gasteiger partial charge >= 0.3 is 0 Å². The van der Waals surface area contributed by atoms with E-state index in [-0.39, 0.29) is 5.54 Å². The molecule has 0 aliphatic heterocycles. The summed E-state index contributed by atoms with van der Waals surface area (Å²) in [5, 5.41) is 4.58. The minimum Gasteiger partial charge on any atom is -0.312 e. The number of hydrogen-bond donors (Lipinski definition) is 1. The highest BCUT2D eigenvalue weighted by Gasteiger charge is 2.41. The largest absolute Gasteiger partial charge is 0.312 e. The van der Waals surface area contributed by atoms with Crippen molar-refractivity contribution in [2.45, 2.75) is 83.8 Å². The van der Waals surface area contributed by atoms with E-state index in [2.05, 4.69) is 62.2 Å². The minimum atomic E-state index is 0.186. The number of benzene rings is 1. The molecule has 0 saturated heterocycles. The number of halogens is 1. The van der Waals surface area contributed by atoms with Crippen LogP contribution in [-0.2, 0) is 5.54 Å². The third kappa shape index (κ3) is 4.74. The van der Waals surface area contributed by atoms with Gasteiger partial charge in [-0.3, -0.25) is 4.90 Å². The van der Waals surface area contributed by atoms with Crippen LogP contribution in [0.1, 0.15) is 71.8 Å². The standard InChI is InChI=1S/C21H35ClN2/c1-5-15-24(16-6-2)21(18-7-9-19(22)10-8-18)13-11-20(12-14-21)23-17(3)4/h7-10,17,20,23H,5-6,11-16H2,1-4H3. The molecule has 2 nitrogen and oxygen atoms in total. The summed E-state index contributed by atoms with van der Waals surface area (Å²) in [6.07, 6.45) is 7.40. The summed E-state index contributed by atoms with van der Waals surface area (Å²) in [6, 6.07) is 9.88. The normalized spacial score (nSPS) is 24.7. The molecule has 0 radical (unpaired) electrons. The fraction of sp³-hybridized carbons (Fsp3) is 0.714. The molecule has 1 aromatic carbocycles. The van der Waals surface area contributed by atoms with Gasteiger partial charge in [-0.05, 0) is 69.3 Å². The second kappa shape index (κ2) is 9.22. The summed E-state index contributed by atoms with van der Waals surface area (Å²) >= 11 is 6.15. The molecular weight excluding hydrogens is 316 g/mol. The maximum atomic E-state index is 6.15. The molecule has 1 aromatic rings. The maximum Gasteiger partial charge on any atom is 0.0461 e. The predicted octanol–water partition coefficient (Wildman–Crippen LogP) is 5.60. The van der Waals surface area contributed by atoms with Crippen molar-refractivity contribution < 1.29 is 0 Å². The van der Waals surface area contributed by atoms with Crippen molar-refractivity contribution in [3.8, 4) is 0 Å². The van der Waals surface area contributed by atoms with Crippen LogP contribution in [0.4, 0.5) is 0 Å². The second-order valence-electron chi connectivity index (χ2n) is 7.62. The number of nitrogens with one attached hydrogen (secondary N) is 1. The third-order valence-corrected chi connectivity index (χ3v) is 5.61. The van der Waals surface area contributed by atoms with E-state index >= 15 is 0 Å². The molecule has 1 aliphatic rings. The van der Waals surface area contributed by atoms with Crippen molar-refractivity contribution in [3.63, 3.8) is 0 Å².